The molecule has 0 spiro atoms. The van der Waals surface area contributed by atoms with Crippen molar-refractivity contribution in [3.05, 3.63) is 34.9 Å². The minimum atomic E-state index is -0.136. The van der Waals surface area contributed by atoms with E-state index < -0.39 is 0 Å². The second kappa shape index (κ2) is 6.25. The molecular formula is C19H28N2O2. The first-order valence-corrected chi connectivity index (χ1v) is 8.58. The summed E-state index contributed by atoms with van der Waals surface area (Å²) >= 11 is 0. The summed E-state index contributed by atoms with van der Waals surface area (Å²) in [5, 5.41) is 10.1. The van der Waals surface area contributed by atoms with Gasteiger partial charge in [-0.3, -0.25) is 9.69 Å². The summed E-state index contributed by atoms with van der Waals surface area (Å²) in [6, 6.07) is 6.62. The number of carbonyl (C=O) groups is 1. The van der Waals surface area contributed by atoms with E-state index in [-0.39, 0.29) is 17.9 Å². The summed E-state index contributed by atoms with van der Waals surface area (Å²) in [6.07, 6.45) is 1.06. The summed E-state index contributed by atoms with van der Waals surface area (Å²) in [4.78, 5) is 16.1. The van der Waals surface area contributed by atoms with Crippen LogP contribution in [0.5, 0.6) is 0 Å². The second-order valence-electron chi connectivity index (χ2n) is 7.55. The van der Waals surface area contributed by atoms with Gasteiger partial charge in [-0.1, -0.05) is 23.8 Å². The highest BCUT2D eigenvalue weighted by molar-refractivity contribution is 5.73. The van der Waals surface area contributed by atoms with Crippen molar-refractivity contribution in [2.24, 2.45) is 11.3 Å². The van der Waals surface area contributed by atoms with Crippen molar-refractivity contribution in [2.75, 3.05) is 32.8 Å². The zero-order chi connectivity index (χ0) is 16.6. The standard InChI is InChI=1S/C19H28N2O2/c1-14-4-5-17(15(2)8-14)9-20-7-6-18-10-21(16(3)23)12-19(18,11-20)13-22/h4-5,8,18,22H,6-7,9-13H2,1-3H3/t18-,19+/m0/s1. The topological polar surface area (TPSA) is 43.8 Å². The third kappa shape index (κ3) is 3.15. The first kappa shape index (κ1) is 16.5. The van der Waals surface area contributed by atoms with Crippen molar-refractivity contribution in [3.63, 3.8) is 0 Å². The van der Waals surface area contributed by atoms with Gasteiger partial charge in [0, 0.05) is 38.5 Å². The Bertz CT molecular complexity index is 601. The lowest BCUT2D eigenvalue weighted by Gasteiger charge is -2.43. The number of piperidine rings is 1. The lowest BCUT2D eigenvalue weighted by atomic mass is 9.74. The van der Waals surface area contributed by atoms with Gasteiger partial charge in [0.05, 0.1) is 6.61 Å². The lowest BCUT2D eigenvalue weighted by molar-refractivity contribution is -0.128. The van der Waals surface area contributed by atoms with Crippen LogP contribution in [0.2, 0.25) is 0 Å². The Labute approximate surface area is 139 Å². The Morgan fingerprint density at radius 1 is 1.35 bits per heavy atom. The van der Waals surface area contributed by atoms with Crippen LogP contribution in [0.25, 0.3) is 0 Å². The molecule has 2 heterocycles. The molecule has 0 bridgehead atoms. The zero-order valence-corrected chi connectivity index (χ0v) is 14.5. The van der Waals surface area contributed by atoms with E-state index in [2.05, 4.69) is 36.9 Å². The molecule has 0 aliphatic carbocycles. The van der Waals surface area contributed by atoms with Crippen molar-refractivity contribution < 1.29 is 9.90 Å². The number of aryl methyl sites for hydroxylation is 2. The van der Waals surface area contributed by atoms with E-state index in [0.29, 0.717) is 12.5 Å². The summed E-state index contributed by atoms with van der Waals surface area (Å²) in [6.45, 7) is 10.5. The number of aliphatic hydroxyl groups excluding tert-OH is 1. The highest BCUT2D eigenvalue weighted by atomic mass is 16.3. The predicted octanol–water partition coefficient (Wildman–Crippen LogP) is 1.97. The molecule has 1 aromatic rings. The fraction of sp³-hybridized carbons (Fsp3) is 0.632. The van der Waals surface area contributed by atoms with E-state index in [4.69, 9.17) is 0 Å². The molecule has 23 heavy (non-hydrogen) atoms. The number of nitrogens with zero attached hydrogens (tertiary/aromatic N) is 2. The van der Waals surface area contributed by atoms with Crippen LogP contribution in [0.3, 0.4) is 0 Å². The molecule has 1 amide bonds. The maximum Gasteiger partial charge on any atom is 0.219 e. The number of benzene rings is 1. The van der Waals surface area contributed by atoms with Gasteiger partial charge >= 0.3 is 0 Å². The van der Waals surface area contributed by atoms with E-state index in [1.165, 1.54) is 16.7 Å². The van der Waals surface area contributed by atoms with Crippen molar-refractivity contribution in [2.45, 2.75) is 33.7 Å². The van der Waals surface area contributed by atoms with Gasteiger partial charge in [0.25, 0.3) is 0 Å². The highest BCUT2D eigenvalue weighted by Gasteiger charge is 2.49. The molecule has 1 aromatic carbocycles. The van der Waals surface area contributed by atoms with Gasteiger partial charge in [0.1, 0.15) is 0 Å². The van der Waals surface area contributed by atoms with Crippen LogP contribution in [0.1, 0.15) is 30.0 Å². The molecule has 4 heteroatoms. The molecule has 3 rings (SSSR count). The van der Waals surface area contributed by atoms with Crippen LogP contribution in [0.4, 0.5) is 0 Å². The Balaban J connectivity index is 1.73. The molecule has 1 N–H and O–H groups in total. The molecule has 0 unspecified atom stereocenters. The average Bonchev–Trinajstić information content (AvgIpc) is 2.90. The number of carbonyl (C=O) groups excluding carboxylic acids is 1. The number of fused-ring (bicyclic) bond motifs is 1. The average molecular weight is 316 g/mol. The van der Waals surface area contributed by atoms with Gasteiger partial charge in [-0.05, 0) is 43.9 Å². The van der Waals surface area contributed by atoms with E-state index in [0.717, 1.165) is 32.6 Å². The Kier molecular flexibility index (Phi) is 4.47. The van der Waals surface area contributed by atoms with Crippen LogP contribution < -0.4 is 0 Å². The third-order valence-electron chi connectivity index (χ3n) is 5.80. The van der Waals surface area contributed by atoms with Gasteiger partial charge in [-0.25, -0.2) is 0 Å². The van der Waals surface area contributed by atoms with Crippen LogP contribution >= 0.6 is 0 Å². The summed E-state index contributed by atoms with van der Waals surface area (Å²) < 4.78 is 0. The van der Waals surface area contributed by atoms with Crippen molar-refractivity contribution in [1.82, 2.24) is 9.80 Å². The largest absolute Gasteiger partial charge is 0.396 e. The number of hydrogen-bond donors (Lipinski definition) is 1. The lowest BCUT2D eigenvalue weighted by Crippen LogP contribution is -2.50. The van der Waals surface area contributed by atoms with Crippen LogP contribution in [0, 0.1) is 25.2 Å². The number of aliphatic hydroxyl groups is 1. The van der Waals surface area contributed by atoms with Crippen LogP contribution in [-0.2, 0) is 11.3 Å². The monoisotopic (exact) mass is 316 g/mol. The van der Waals surface area contributed by atoms with E-state index >= 15 is 0 Å². The molecule has 2 saturated heterocycles. The molecule has 126 valence electrons. The fourth-order valence-electron chi connectivity index (χ4n) is 4.34. The Hall–Kier alpha value is -1.39. The van der Waals surface area contributed by atoms with Crippen LogP contribution in [0.15, 0.2) is 18.2 Å². The SMILES string of the molecule is CC(=O)N1C[C@@H]2CCN(Cc3ccc(C)cc3C)C[C@]2(CO)C1. The van der Waals surface area contributed by atoms with Gasteiger partial charge in [0.2, 0.25) is 5.91 Å². The number of amides is 1. The van der Waals surface area contributed by atoms with Gasteiger partial charge in [0.15, 0.2) is 0 Å². The predicted molar refractivity (Wildman–Crippen MR) is 91.1 cm³/mol. The van der Waals surface area contributed by atoms with E-state index in [1.54, 1.807) is 6.92 Å². The normalized spacial score (nSPS) is 28.0. The quantitative estimate of drug-likeness (QED) is 0.927. The Morgan fingerprint density at radius 2 is 2.13 bits per heavy atom. The van der Waals surface area contributed by atoms with Crippen molar-refractivity contribution in [1.29, 1.82) is 0 Å². The molecule has 0 aromatic heterocycles. The minimum Gasteiger partial charge on any atom is -0.396 e. The van der Waals surface area contributed by atoms with Crippen molar-refractivity contribution in [3.8, 4) is 0 Å². The summed E-state index contributed by atoms with van der Waals surface area (Å²) in [5.74, 6) is 0.569. The molecule has 2 fully saturated rings. The Morgan fingerprint density at radius 3 is 2.78 bits per heavy atom. The molecule has 2 atom stereocenters. The maximum absolute atomic E-state index is 11.7. The van der Waals surface area contributed by atoms with E-state index in [1.807, 2.05) is 4.90 Å². The first-order chi connectivity index (χ1) is 10.9. The zero-order valence-electron chi connectivity index (χ0n) is 14.5. The molecule has 2 aliphatic rings. The summed E-state index contributed by atoms with van der Waals surface area (Å²) in [7, 11) is 0. The number of hydrogen-bond acceptors (Lipinski definition) is 3. The molecule has 4 nitrogen and oxygen atoms in total. The number of likely N-dealkylation sites (tertiary alicyclic amines) is 2. The van der Waals surface area contributed by atoms with E-state index in [9.17, 15) is 9.90 Å². The highest BCUT2D eigenvalue weighted by Crippen LogP contribution is 2.42. The number of rotatable bonds is 3. The summed E-state index contributed by atoms with van der Waals surface area (Å²) in [5.41, 5.74) is 3.86. The maximum atomic E-state index is 11.7. The second-order valence-corrected chi connectivity index (χ2v) is 7.55. The first-order valence-electron chi connectivity index (χ1n) is 8.58. The molecular weight excluding hydrogens is 288 g/mol. The van der Waals surface area contributed by atoms with Gasteiger partial charge in [-0.2, -0.15) is 0 Å². The van der Waals surface area contributed by atoms with Crippen molar-refractivity contribution >= 4 is 5.91 Å². The smallest absolute Gasteiger partial charge is 0.219 e. The molecule has 0 radical (unpaired) electrons. The molecule has 2 aliphatic heterocycles. The van der Waals surface area contributed by atoms with Gasteiger partial charge < -0.3 is 10.0 Å². The minimum absolute atomic E-state index is 0.133. The van der Waals surface area contributed by atoms with Gasteiger partial charge in [-0.15, -0.1) is 0 Å². The molecule has 0 saturated carbocycles. The fourth-order valence-corrected chi connectivity index (χ4v) is 4.34. The van der Waals surface area contributed by atoms with Crippen LogP contribution in [-0.4, -0.2) is 53.6 Å². The third-order valence-corrected chi connectivity index (χ3v) is 5.80.